The molecule has 0 unspecified atom stereocenters. The molecule has 0 spiro atoms. The fraction of sp³-hybridized carbons (Fsp3) is 0.200. The summed E-state index contributed by atoms with van der Waals surface area (Å²) in [4.78, 5) is 9.15. The van der Waals surface area contributed by atoms with Gasteiger partial charge in [-0.15, -0.1) is 0 Å². The van der Waals surface area contributed by atoms with Gasteiger partial charge in [0, 0.05) is 34.0 Å². The normalized spacial score (nSPS) is 14.0. The number of hydrogen-bond donors (Lipinski definition) is 1. The first-order valence-corrected chi connectivity index (χ1v) is 8.96. The lowest BCUT2D eigenvalue weighted by Gasteiger charge is -2.13. The van der Waals surface area contributed by atoms with Crippen LogP contribution in [-0.4, -0.2) is 17.2 Å². The lowest BCUT2D eigenvalue weighted by Crippen LogP contribution is -1.99. The smallest absolute Gasteiger partial charge is 0.138 e. The van der Waals surface area contributed by atoms with Crippen molar-refractivity contribution < 1.29 is 0 Å². The van der Waals surface area contributed by atoms with Crippen LogP contribution < -0.4 is 5.32 Å². The third-order valence-corrected chi connectivity index (χ3v) is 5.35. The summed E-state index contributed by atoms with van der Waals surface area (Å²) in [5, 5.41) is 5.79. The summed E-state index contributed by atoms with van der Waals surface area (Å²) >= 11 is 3.58. The molecule has 4 heteroatoms. The summed E-state index contributed by atoms with van der Waals surface area (Å²) in [6, 6.07) is 14.7. The Morgan fingerprint density at radius 2 is 2.04 bits per heavy atom. The second-order valence-corrected chi connectivity index (χ2v) is 6.92. The number of aliphatic imine (C=N–C) groups is 1. The predicted octanol–water partition coefficient (Wildman–Crippen LogP) is 5.63. The van der Waals surface area contributed by atoms with Crippen LogP contribution in [-0.2, 0) is 0 Å². The number of halogens is 1. The summed E-state index contributed by atoms with van der Waals surface area (Å²) in [5.41, 5.74) is 4.70. The maximum absolute atomic E-state index is 4.60. The van der Waals surface area contributed by atoms with E-state index in [4.69, 9.17) is 0 Å². The summed E-state index contributed by atoms with van der Waals surface area (Å²) in [5.74, 6) is 0.883. The van der Waals surface area contributed by atoms with Gasteiger partial charge in [-0.05, 0) is 66.6 Å². The van der Waals surface area contributed by atoms with Crippen molar-refractivity contribution in [3.63, 3.8) is 0 Å². The number of rotatable bonds is 3. The van der Waals surface area contributed by atoms with Gasteiger partial charge >= 0.3 is 0 Å². The van der Waals surface area contributed by atoms with Crippen LogP contribution in [0.3, 0.4) is 0 Å². The third kappa shape index (κ3) is 2.82. The standard InChI is InChI=1S/C20H18BrN3/c1-13-17(21)4-2-5-18(13)24-20-16-8-7-15(19-6-3-10-22-19)12-14(16)9-11-23-20/h2,4-5,7-9,11-12H,3,6,10H2,1H3,(H,23,24). The molecule has 0 aliphatic carbocycles. The minimum Gasteiger partial charge on any atom is -0.339 e. The Morgan fingerprint density at radius 3 is 2.88 bits per heavy atom. The first kappa shape index (κ1) is 15.3. The molecule has 24 heavy (non-hydrogen) atoms. The van der Waals surface area contributed by atoms with Gasteiger partial charge in [0.1, 0.15) is 5.82 Å². The fourth-order valence-corrected chi connectivity index (χ4v) is 3.47. The van der Waals surface area contributed by atoms with Crippen LogP contribution in [0.5, 0.6) is 0 Å². The average molecular weight is 380 g/mol. The Bertz CT molecular complexity index is 947. The molecule has 0 bridgehead atoms. The Hall–Kier alpha value is -2.20. The molecular formula is C20H18BrN3. The second-order valence-electron chi connectivity index (χ2n) is 6.06. The highest BCUT2D eigenvalue weighted by Gasteiger charge is 2.11. The van der Waals surface area contributed by atoms with Crippen molar-refractivity contribution in [2.75, 3.05) is 11.9 Å². The maximum atomic E-state index is 4.60. The summed E-state index contributed by atoms with van der Waals surface area (Å²) < 4.78 is 1.09. The Labute approximate surface area is 150 Å². The molecule has 0 atom stereocenters. The summed E-state index contributed by atoms with van der Waals surface area (Å²) in [6.45, 7) is 3.05. The zero-order valence-electron chi connectivity index (χ0n) is 13.5. The molecule has 0 fully saturated rings. The van der Waals surface area contributed by atoms with Gasteiger partial charge in [-0.25, -0.2) is 4.98 Å². The van der Waals surface area contributed by atoms with Crippen LogP contribution in [0.1, 0.15) is 24.0 Å². The van der Waals surface area contributed by atoms with Crippen molar-refractivity contribution in [1.82, 2.24) is 4.98 Å². The van der Waals surface area contributed by atoms with Crippen molar-refractivity contribution in [2.24, 2.45) is 4.99 Å². The van der Waals surface area contributed by atoms with E-state index >= 15 is 0 Å². The highest BCUT2D eigenvalue weighted by Crippen LogP contribution is 2.30. The van der Waals surface area contributed by atoms with Crippen LogP contribution in [0.25, 0.3) is 10.8 Å². The number of hydrogen-bond acceptors (Lipinski definition) is 3. The van der Waals surface area contributed by atoms with E-state index in [1.807, 2.05) is 18.3 Å². The summed E-state index contributed by atoms with van der Waals surface area (Å²) in [7, 11) is 0. The van der Waals surface area contributed by atoms with Gasteiger partial charge in [-0.3, -0.25) is 4.99 Å². The number of aromatic nitrogens is 1. The zero-order valence-corrected chi connectivity index (χ0v) is 15.1. The van der Waals surface area contributed by atoms with Crippen molar-refractivity contribution in [3.05, 3.63) is 64.3 Å². The summed E-state index contributed by atoms with van der Waals surface area (Å²) in [6.07, 6.45) is 4.11. The Kier molecular flexibility index (Phi) is 4.07. The molecule has 0 radical (unpaired) electrons. The predicted molar refractivity (Wildman–Crippen MR) is 105 cm³/mol. The van der Waals surface area contributed by atoms with Crippen LogP contribution in [0, 0.1) is 6.92 Å². The van der Waals surface area contributed by atoms with Gasteiger partial charge in [0.15, 0.2) is 0 Å². The van der Waals surface area contributed by atoms with Crippen LogP contribution in [0.15, 0.2) is 58.1 Å². The Morgan fingerprint density at radius 1 is 1.12 bits per heavy atom. The van der Waals surface area contributed by atoms with Gasteiger partial charge in [0.2, 0.25) is 0 Å². The molecule has 0 saturated heterocycles. The third-order valence-electron chi connectivity index (χ3n) is 4.49. The van der Waals surface area contributed by atoms with Crippen molar-refractivity contribution in [1.29, 1.82) is 0 Å². The minimum atomic E-state index is 0.883. The van der Waals surface area contributed by atoms with Crippen molar-refractivity contribution in [3.8, 4) is 0 Å². The van der Waals surface area contributed by atoms with Crippen LogP contribution in [0.4, 0.5) is 11.5 Å². The highest BCUT2D eigenvalue weighted by atomic mass is 79.9. The van der Waals surface area contributed by atoms with Crippen molar-refractivity contribution >= 4 is 43.9 Å². The van der Waals surface area contributed by atoms with Crippen molar-refractivity contribution in [2.45, 2.75) is 19.8 Å². The molecule has 2 heterocycles. The van der Waals surface area contributed by atoms with Gasteiger partial charge in [0.05, 0.1) is 0 Å². The van der Waals surface area contributed by atoms with E-state index in [0.717, 1.165) is 34.3 Å². The van der Waals surface area contributed by atoms with Crippen LogP contribution >= 0.6 is 15.9 Å². The second kappa shape index (κ2) is 6.36. The van der Waals surface area contributed by atoms with Gasteiger partial charge in [-0.1, -0.05) is 28.1 Å². The SMILES string of the molecule is Cc1c(Br)cccc1Nc1nccc2cc(C3=NCCC3)ccc12. The minimum absolute atomic E-state index is 0.883. The highest BCUT2D eigenvalue weighted by molar-refractivity contribution is 9.10. The topological polar surface area (TPSA) is 37.3 Å². The molecule has 120 valence electrons. The lowest BCUT2D eigenvalue weighted by molar-refractivity contribution is 0.951. The number of nitrogens with one attached hydrogen (secondary N) is 1. The molecule has 1 aromatic heterocycles. The largest absolute Gasteiger partial charge is 0.339 e. The molecular weight excluding hydrogens is 362 g/mol. The molecule has 4 rings (SSSR count). The monoisotopic (exact) mass is 379 g/mol. The molecule has 3 aromatic rings. The van der Waals surface area contributed by atoms with Gasteiger partial charge in [-0.2, -0.15) is 0 Å². The van der Waals surface area contributed by atoms with E-state index in [0.29, 0.717) is 0 Å². The molecule has 2 aromatic carbocycles. The number of pyridine rings is 1. The average Bonchev–Trinajstić information content (AvgIpc) is 3.13. The molecule has 1 N–H and O–H groups in total. The Balaban J connectivity index is 1.75. The van der Waals surface area contributed by atoms with Gasteiger partial charge < -0.3 is 5.32 Å². The number of nitrogens with zero attached hydrogens (tertiary/aromatic N) is 2. The van der Waals surface area contributed by atoms with E-state index in [1.54, 1.807) is 0 Å². The van der Waals surface area contributed by atoms with E-state index < -0.39 is 0 Å². The molecule has 3 nitrogen and oxygen atoms in total. The zero-order chi connectivity index (χ0) is 16.5. The quantitative estimate of drug-likeness (QED) is 0.639. The molecule has 0 saturated carbocycles. The van der Waals surface area contributed by atoms with E-state index in [9.17, 15) is 0 Å². The fourth-order valence-electron chi connectivity index (χ4n) is 3.10. The number of fused-ring (bicyclic) bond motifs is 1. The van der Waals surface area contributed by atoms with E-state index in [1.165, 1.54) is 28.6 Å². The number of anilines is 2. The lowest BCUT2D eigenvalue weighted by atomic mass is 10.0. The van der Waals surface area contributed by atoms with E-state index in [2.05, 4.69) is 68.5 Å². The molecule has 1 aliphatic rings. The maximum Gasteiger partial charge on any atom is 0.138 e. The number of benzene rings is 2. The van der Waals surface area contributed by atoms with Gasteiger partial charge in [0.25, 0.3) is 0 Å². The first-order chi connectivity index (χ1) is 11.7. The molecule has 1 aliphatic heterocycles. The molecule has 0 amide bonds. The van der Waals surface area contributed by atoms with Crippen LogP contribution in [0.2, 0.25) is 0 Å². The van der Waals surface area contributed by atoms with E-state index in [-0.39, 0.29) is 0 Å². The first-order valence-electron chi connectivity index (χ1n) is 8.17.